The van der Waals surface area contributed by atoms with Crippen molar-refractivity contribution in [2.24, 2.45) is 4.99 Å². The Labute approximate surface area is 162 Å². The van der Waals surface area contributed by atoms with Crippen molar-refractivity contribution in [1.82, 2.24) is 15.5 Å². The van der Waals surface area contributed by atoms with Gasteiger partial charge in [-0.25, -0.2) is 0 Å². The molecule has 4 nitrogen and oxygen atoms in total. The molecule has 1 heterocycles. The highest BCUT2D eigenvalue weighted by molar-refractivity contribution is 14.0. The van der Waals surface area contributed by atoms with Crippen LogP contribution in [0.15, 0.2) is 22.5 Å². The van der Waals surface area contributed by atoms with Crippen LogP contribution in [-0.2, 0) is 6.54 Å². The Bertz CT molecular complexity index is 430. The number of rotatable bonds is 7. The van der Waals surface area contributed by atoms with Gasteiger partial charge in [0.1, 0.15) is 0 Å². The molecule has 0 unspecified atom stereocenters. The van der Waals surface area contributed by atoms with Gasteiger partial charge in [-0.3, -0.25) is 4.99 Å². The largest absolute Gasteiger partial charge is 0.356 e. The molecule has 1 aromatic heterocycles. The Hall–Kier alpha value is -0.340. The Morgan fingerprint density at radius 2 is 2.09 bits per heavy atom. The van der Waals surface area contributed by atoms with Gasteiger partial charge in [0.05, 0.1) is 6.54 Å². The van der Waals surface area contributed by atoms with Crippen LogP contribution in [0, 0.1) is 0 Å². The third-order valence-electron chi connectivity index (χ3n) is 4.41. The Morgan fingerprint density at radius 3 is 2.74 bits per heavy atom. The lowest BCUT2D eigenvalue weighted by Crippen LogP contribution is -2.39. The van der Waals surface area contributed by atoms with Crippen molar-refractivity contribution in [2.45, 2.75) is 51.1 Å². The zero-order valence-corrected chi connectivity index (χ0v) is 17.5. The molecular weight excluding hydrogens is 419 g/mol. The number of thiophene rings is 1. The summed E-state index contributed by atoms with van der Waals surface area (Å²) in [5.41, 5.74) is 0. The van der Waals surface area contributed by atoms with E-state index in [1.165, 1.54) is 43.5 Å². The Balaban J connectivity index is 0.00000264. The van der Waals surface area contributed by atoms with E-state index in [0.29, 0.717) is 0 Å². The van der Waals surface area contributed by atoms with Crippen molar-refractivity contribution in [3.8, 4) is 0 Å². The quantitative estimate of drug-likeness (QED) is 0.288. The van der Waals surface area contributed by atoms with E-state index < -0.39 is 0 Å². The molecule has 1 saturated carbocycles. The first-order valence-corrected chi connectivity index (χ1v) is 9.34. The molecule has 0 radical (unpaired) electrons. The number of nitrogens with zero attached hydrogens (tertiary/aromatic N) is 2. The SMILES string of the molecule is CN=C(NCCCN(C)C1CCCCC1)NCc1cccs1.I. The maximum Gasteiger partial charge on any atom is 0.191 e. The first kappa shape index (κ1) is 20.7. The first-order valence-electron chi connectivity index (χ1n) is 8.46. The molecule has 0 atom stereocenters. The monoisotopic (exact) mass is 450 g/mol. The van der Waals surface area contributed by atoms with Gasteiger partial charge in [0, 0.05) is 24.5 Å². The third kappa shape index (κ3) is 7.85. The topological polar surface area (TPSA) is 39.7 Å². The average molecular weight is 450 g/mol. The normalized spacial score (nSPS) is 16.2. The van der Waals surface area contributed by atoms with E-state index >= 15 is 0 Å². The van der Waals surface area contributed by atoms with E-state index in [4.69, 9.17) is 0 Å². The molecule has 6 heteroatoms. The molecule has 23 heavy (non-hydrogen) atoms. The summed E-state index contributed by atoms with van der Waals surface area (Å²) in [6.07, 6.45) is 8.17. The fourth-order valence-corrected chi connectivity index (χ4v) is 3.69. The van der Waals surface area contributed by atoms with Crippen LogP contribution in [0.1, 0.15) is 43.4 Å². The molecule has 2 rings (SSSR count). The van der Waals surface area contributed by atoms with Crippen molar-refractivity contribution in [1.29, 1.82) is 0 Å². The van der Waals surface area contributed by atoms with Crippen molar-refractivity contribution < 1.29 is 0 Å². The standard InChI is InChI=1S/C17H30N4S.HI/c1-18-17(20-14-16-10-6-13-22-16)19-11-7-12-21(2)15-8-4-3-5-9-15;/h6,10,13,15H,3-5,7-9,11-12,14H2,1-2H3,(H2,18,19,20);1H. The third-order valence-corrected chi connectivity index (χ3v) is 5.29. The smallest absolute Gasteiger partial charge is 0.191 e. The second kappa shape index (κ2) is 12.1. The molecular formula is C17H31IN4S. The first-order chi connectivity index (χ1) is 10.8. The van der Waals surface area contributed by atoms with Gasteiger partial charge < -0.3 is 15.5 Å². The molecule has 1 fully saturated rings. The van der Waals surface area contributed by atoms with Gasteiger partial charge in [-0.15, -0.1) is 35.3 Å². The lowest BCUT2D eigenvalue weighted by atomic mass is 9.94. The summed E-state index contributed by atoms with van der Waals surface area (Å²) < 4.78 is 0. The Kier molecular flexibility index (Phi) is 10.9. The molecule has 0 saturated heterocycles. The predicted octanol–water partition coefficient (Wildman–Crippen LogP) is 3.69. The molecule has 0 bridgehead atoms. The summed E-state index contributed by atoms with van der Waals surface area (Å²) in [7, 11) is 4.11. The van der Waals surface area contributed by atoms with Crippen molar-refractivity contribution in [3.05, 3.63) is 22.4 Å². The molecule has 0 aromatic carbocycles. The van der Waals surface area contributed by atoms with Gasteiger partial charge in [-0.1, -0.05) is 25.3 Å². The van der Waals surface area contributed by atoms with Crippen LogP contribution in [0.3, 0.4) is 0 Å². The highest BCUT2D eigenvalue weighted by Crippen LogP contribution is 2.21. The molecule has 0 spiro atoms. The molecule has 0 aliphatic heterocycles. The minimum absolute atomic E-state index is 0. The zero-order valence-electron chi connectivity index (χ0n) is 14.4. The van der Waals surface area contributed by atoms with Crippen molar-refractivity contribution in [2.75, 3.05) is 27.2 Å². The number of nitrogens with one attached hydrogen (secondary N) is 2. The number of hydrogen-bond acceptors (Lipinski definition) is 3. The van der Waals surface area contributed by atoms with Crippen molar-refractivity contribution >= 4 is 41.3 Å². The van der Waals surface area contributed by atoms with Crippen LogP contribution in [-0.4, -0.2) is 44.1 Å². The minimum Gasteiger partial charge on any atom is -0.356 e. The van der Waals surface area contributed by atoms with E-state index in [9.17, 15) is 0 Å². The summed E-state index contributed by atoms with van der Waals surface area (Å²) in [4.78, 5) is 8.16. The minimum atomic E-state index is 0. The highest BCUT2D eigenvalue weighted by atomic mass is 127. The number of hydrogen-bond donors (Lipinski definition) is 2. The predicted molar refractivity (Wildman–Crippen MR) is 112 cm³/mol. The zero-order chi connectivity index (χ0) is 15.6. The summed E-state index contributed by atoms with van der Waals surface area (Å²) in [5, 5.41) is 8.87. The van der Waals surface area contributed by atoms with Gasteiger partial charge in [-0.05, 0) is 44.3 Å². The highest BCUT2D eigenvalue weighted by Gasteiger charge is 2.17. The van der Waals surface area contributed by atoms with Gasteiger partial charge in [0.15, 0.2) is 5.96 Å². The van der Waals surface area contributed by atoms with E-state index in [2.05, 4.69) is 45.1 Å². The van der Waals surface area contributed by atoms with Crippen LogP contribution in [0.2, 0.25) is 0 Å². The lowest BCUT2D eigenvalue weighted by Gasteiger charge is -2.31. The number of halogens is 1. The fourth-order valence-electron chi connectivity index (χ4n) is 3.04. The molecule has 0 amide bonds. The van der Waals surface area contributed by atoms with E-state index in [-0.39, 0.29) is 24.0 Å². The second-order valence-corrected chi connectivity index (χ2v) is 7.09. The van der Waals surface area contributed by atoms with Crippen molar-refractivity contribution in [3.63, 3.8) is 0 Å². The molecule has 132 valence electrons. The molecule has 1 aromatic rings. The number of guanidine groups is 1. The van der Waals surface area contributed by atoms with E-state index in [0.717, 1.165) is 31.5 Å². The Morgan fingerprint density at radius 1 is 1.30 bits per heavy atom. The van der Waals surface area contributed by atoms with Gasteiger partial charge in [0.2, 0.25) is 0 Å². The molecule has 1 aliphatic carbocycles. The molecule has 2 N–H and O–H groups in total. The van der Waals surface area contributed by atoms with Gasteiger partial charge >= 0.3 is 0 Å². The fraction of sp³-hybridized carbons (Fsp3) is 0.706. The average Bonchev–Trinajstić information content (AvgIpc) is 3.08. The summed E-state index contributed by atoms with van der Waals surface area (Å²) in [6, 6.07) is 5.04. The van der Waals surface area contributed by atoms with E-state index in [1.54, 1.807) is 11.3 Å². The van der Waals surface area contributed by atoms with Crippen LogP contribution in [0.4, 0.5) is 0 Å². The van der Waals surface area contributed by atoms with E-state index in [1.807, 2.05) is 7.05 Å². The molecule has 1 aliphatic rings. The number of aliphatic imine (C=N–C) groups is 1. The van der Waals surface area contributed by atoms with Crippen LogP contribution >= 0.6 is 35.3 Å². The summed E-state index contributed by atoms with van der Waals surface area (Å²) in [5.74, 6) is 0.897. The lowest BCUT2D eigenvalue weighted by molar-refractivity contribution is 0.190. The van der Waals surface area contributed by atoms with Gasteiger partial charge in [-0.2, -0.15) is 0 Å². The van der Waals surface area contributed by atoms with Crippen LogP contribution < -0.4 is 10.6 Å². The maximum atomic E-state index is 4.28. The summed E-state index contributed by atoms with van der Waals surface area (Å²) >= 11 is 1.77. The van der Waals surface area contributed by atoms with Crippen LogP contribution in [0.5, 0.6) is 0 Å². The second-order valence-electron chi connectivity index (χ2n) is 6.06. The maximum absolute atomic E-state index is 4.28. The van der Waals surface area contributed by atoms with Gasteiger partial charge in [0.25, 0.3) is 0 Å². The summed E-state index contributed by atoms with van der Waals surface area (Å²) in [6.45, 7) is 2.99. The van der Waals surface area contributed by atoms with Crippen LogP contribution in [0.25, 0.3) is 0 Å².